The number of amides is 1. The van der Waals surface area contributed by atoms with Crippen LogP contribution in [0.25, 0.3) is 0 Å². The molecule has 440 valence electrons. The lowest BCUT2D eigenvalue weighted by molar-refractivity contribution is -0.305. The van der Waals surface area contributed by atoms with Gasteiger partial charge in [0.2, 0.25) is 5.91 Å². The molecule has 1 heterocycles. The van der Waals surface area contributed by atoms with Gasteiger partial charge in [0.05, 0.1) is 25.4 Å². The molecule has 0 spiro atoms. The lowest BCUT2D eigenvalue weighted by Gasteiger charge is -2.41. The SMILES string of the molecule is CC/C=C\C/C=C\C/C=C\C/C=C\C/C=C\CCCCCCCCCC(=O)OC1C(OCC(NC(=O)C(O)CCCCCCCCCCCCCCC)C(O)/C=C/CCCCCCCCCCC)OC(CO)C(O)C1O. The third kappa shape index (κ3) is 40.3. The van der Waals surface area contributed by atoms with E-state index in [1.54, 1.807) is 6.08 Å². The van der Waals surface area contributed by atoms with E-state index in [1.807, 2.05) is 6.08 Å². The molecule has 8 unspecified atom stereocenters. The molecule has 11 nitrogen and oxygen atoms in total. The van der Waals surface area contributed by atoms with Gasteiger partial charge in [0, 0.05) is 6.42 Å². The van der Waals surface area contributed by atoms with Gasteiger partial charge in [-0.15, -0.1) is 0 Å². The van der Waals surface area contributed by atoms with Gasteiger partial charge in [0.15, 0.2) is 12.4 Å². The standard InChI is InChI=1S/C65H115NO10/c1-4-7-10-13-16-19-22-24-25-26-27-28-29-30-31-32-33-35-38-41-44-47-50-53-60(70)76-63-62(72)61(71)59(54-67)75-65(63)74-55-56(57(68)51-48-45-42-39-36-21-18-15-12-9-6-3)66-64(73)58(69)52-49-46-43-40-37-34-23-20-17-14-11-8-5-2/h7,10,16,19,24-25,27-28,30-31,48,51,56-59,61-63,65,67-69,71-72H,4-6,8-9,11-15,17-18,20-23,26,29,32-47,49-50,52-55H2,1-3H3,(H,66,73)/b10-7-,19-16-,25-24-,28-27-,31-30-,51-48+. The monoisotopic (exact) mass is 1070 g/mol. The number of nitrogens with one attached hydrogen (secondary N) is 1. The Morgan fingerprint density at radius 1 is 0.526 bits per heavy atom. The predicted molar refractivity (Wildman–Crippen MR) is 315 cm³/mol. The van der Waals surface area contributed by atoms with Crippen molar-refractivity contribution in [3.63, 3.8) is 0 Å². The van der Waals surface area contributed by atoms with Crippen molar-refractivity contribution in [2.24, 2.45) is 0 Å². The van der Waals surface area contributed by atoms with Crippen LogP contribution in [0, 0.1) is 0 Å². The van der Waals surface area contributed by atoms with E-state index in [-0.39, 0.29) is 13.0 Å². The van der Waals surface area contributed by atoms with E-state index in [0.29, 0.717) is 19.3 Å². The fourth-order valence-corrected chi connectivity index (χ4v) is 9.44. The summed E-state index contributed by atoms with van der Waals surface area (Å²) in [5.41, 5.74) is 0. The highest BCUT2D eigenvalue weighted by molar-refractivity contribution is 5.80. The molecule has 1 aliphatic heterocycles. The second-order valence-corrected chi connectivity index (χ2v) is 21.4. The molecule has 0 aromatic heterocycles. The van der Waals surface area contributed by atoms with Gasteiger partial charge in [-0.2, -0.15) is 0 Å². The topological polar surface area (TPSA) is 175 Å². The Balaban J connectivity index is 2.63. The van der Waals surface area contributed by atoms with Crippen molar-refractivity contribution < 1.29 is 49.3 Å². The van der Waals surface area contributed by atoms with Gasteiger partial charge in [-0.05, 0) is 70.6 Å². The van der Waals surface area contributed by atoms with E-state index in [1.165, 1.54) is 103 Å². The highest BCUT2D eigenvalue weighted by atomic mass is 16.7. The van der Waals surface area contributed by atoms with Gasteiger partial charge >= 0.3 is 5.97 Å². The van der Waals surface area contributed by atoms with E-state index in [4.69, 9.17) is 14.2 Å². The number of rotatable bonds is 52. The number of ether oxygens (including phenoxy) is 3. The smallest absolute Gasteiger partial charge is 0.306 e. The minimum Gasteiger partial charge on any atom is -0.454 e. The largest absolute Gasteiger partial charge is 0.454 e. The van der Waals surface area contributed by atoms with E-state index in [0.717, 1.165) is 116 Å². The van der Waals surface area contributed by atoms with Crippen LogP contribution in [-0.4, -0.2) is 99.6 Å². The average molecular weight is 1070 g/mol. The zero-order valence-corrected chi connectivity index (χ0v) is 48.6. The number of hydrogen-bond donors (Lipinski definition) is 6. The molecule has 6 N–H and O–H groups in total. The maximum absolute atomic E-state index is 13.4. The number of esters is 1. The molecule has 1 amide bonds. The zero-order valence-electron chi connectivity index (χ0n) is 48.6. The van der Waals surface area contributed by atoms with Crippen LogP contribution < -0.4 is 5.32 Å². The van der Waals surface area contributed by atoms with Crippen LogP contribution in [0.5, 0.6) is 0 Å². The van der Waals surface area contributed by atoms with Crippen molar-refractivity contribution in [2.75, 3.05) is 13.2 Å². The first kappa shape index (κ1) is 71.1. The van der Waals surface area contributed by atoms with Crippen molar-refractivity contribution >= 4 is 11.9 Å². The van der Waals surface area contributed by atoms with E-state index >= 15 is 0 Å². The molecule has 0 radical (unpaired) electrons. The Hall–Kier alpha value is -2.90. The summed E-state index contributed by atoms with van der Waals surface area (Å²) in [6.45, 7) is 5.66. The van der Waals surface area contributed by atoms with Gasteiger partial charge in [-0.3, -0.25) is 9.59 Å². The molecular weight excluding hydrogens is 955 g/mol. The summed E-state index contributed by atoms with van der Waals surface area (Å²) in [6.07, 6.45) is 56.5. The highest BCUT2D eigenvalue weighted by Crippen LogP contribution is 2.26. The van der Waals surface area contributed by atoms with Gasteiger partial charge in [-0.25, -0.2) is 0 Å². The van der Waals surface area contributed by atoms with Gasteiger partial charge in [0.1, 0.15) is 24.4 Å². The minimum atomic E-state index is -1.62. The number of aliphatic hydroxyl groups is 5. The summed E-state index contributed by atoms with van der Waals surface area (Å²) in [6, 6.07) is -1.03. The quantitative estimate of drug-likeness (QED) is 0.0195. The van der Waals surface area contributed by atoms with Crippen molar-refractivity contribution in [3.05, 3.63) is 72.9 Å². The predicted octanol–water partition coefficient (Wildman–Crippen LogP) is 14.8. The first-order chi connectivity index (χ1) is 37.2. The molecule has 76 heavy (non-hydrogen) atoms. The maximum Gasteiger partial charge on any atom is 0.306 e. The normalized spacial score (nSPS) is 19.6. The third-order valence-corrected chi connectivity index (χ3v) is 14.4. The van der Waals surface area contributed by atoms with Crippen LogP contribution >= 0.6 is 0 Å². The minimum absolute atomic E-state index is 0.109. The van der Waals surface area contributed by atoms with Crippen molar-refractivity contribution in [1.29, 1.82) is 0 Å². The lowest BCUT2D eigenvalue weighted by Crippen LogP contribution is -2.61. The van der Waals surface area contributed by atoms with E-state index in [2.05, 4.69) is 86.8 Å². The number of hydrogen-bond acceptors (Lipinski definition) is 10. The number of carbonyl (C=O) groups excluding carboxylic acids is 2. The van der Waals surface area contributed by atoms with Crippen LogP contribution in [0.4, 0.5) is 0 Å². The summed E-state index contributed by atoms with van der Waals surface area (Å²) in [5.74, 6) is -1.20. The Bertz CT molecular complexity index is 1510. The second-order valence-electron chi connectivity index (χ2n) is 21.4. The maximum atomic E-state index is 13.4. The molecule has 1 aliphatic rings. The summed E-state index contributed by atoms with van der Waals surface area (Å²) in [5, 5.41) is 56.9. The van der Waals surface area contributed by atoms with Gasteiger partial charge < -0.3 is 45.1 Å². The van der Waals surface area contributed by atoms with Crippen LogP contribution in [0.15, 0.2) is 72.9 Å². The van der Waals surface area contributed by atoms with Crippen LogP contribution in [-0.2, 0) is 23.8 Å². The highest BCUT2D eigenvalue weighted by Gasteiger charge is 2.47. The molecule has 11 heteroatoms. The molecule has 1 fully saturated rings. The molecule has 0 bridgehead atoms. The second kappa shape index (κ2) is 52.8. The first-order valence-corrected chi connectivity index (χ1v) is 31.2. The average Bonchev–Trinajstić information content (AvgIpc) is 3.42. The Kier molecular flexibility index (Phi) is 49.4. The molecule has 0 aromatic rings. The van der Waals surface area contributed by atoms with Crippen molar-refractivity contribution in [3.8, 4) is 0 Å². The number of aliphatic hydroxyl groups excluding tert-OH is 5. The van der Waals surface area contributed by atoms with Crippen molar-refractivity contribution in [1.82, 2.24) is 5.32 Å². The van der Waals surface area contributed by atoms with Crippen LogP contribution in [0.3, 0.4) is 0 Å². The number of unbranched alkanes of at least 4 members (excludes halogenated alkanes) is 28. The molecule has 0 aromatic carbocycles. The van der Waals surface area contributed by atoms with Crippen molar-refractivity contribution in [2.45, 2.75) is 314 Å². The fraction of sp³-hybridized carbons (Fsp3) is 0.785. The molecule has 1 saturated heterocycles. The molecular formula is C65H115NO10. The van der Waals surface area contributed by atoms with E-state index < -0.39 is 67.4 Å². The molecule has 0 aliphatic carbocycles. The summed E-state index contributed by atoms with van der Waals surface area (Å²) in [7, 11) is 0. The summed E-state index contributed by atoms with van der Waals surface area (Å²) in [4.78, 5) is 26.5. The van der Waals surface area contributed by atoms with Gasteiger partial charge in [-0.1, -0.05) is 261 Å². The summed E-state index contributed by atoms with van der Waals surface area (Å²) >= 11 is 0. The fourth-order valence-electron chi connectivity index (χ4n) is 9.44. The Morgan fingerprint density at radius 2 is 0.947 bits per heavy atom. The number of carbonyl (C=O) groups is 2. The third-order valence-electron chi connectivity index (χ3n) is 14.4. The molecule has 0 saturated carbocycles. The Morgan fingerprint density at radius 3 is 1.42 bits per heavy atom. The van der Waals surface area contributed by atoms with Crippen LogP contribution in [0.1, 0.15) is 265 Å². The first-order valence-electron chi connectivity index (χ1n) is 31.2. The number of allylic oxidation sites excluding steroid dienone is 11. The van der Waals surface area contributed by atoms with Crippen LogP contribution in [0.2, 0.25) is 0 Å². The van der Waals surface area contributed by atoms with Gasteiger partial charge in [0.25, 0.3) is 0 Å². The summed E-state index contributed by atoms with van der Waals surface area (Å²) < 4.78 is 17.6. The Labute approximate surface area is 464 Å². The van der Waals surface area contributed by atoms with E-state index in [9.17, 15) is 35.1 Å². The molecule has 8 atom stereocenters. The zero-order chi connectivity index (χ0) is 55.4. The molecule has 1 rings (SSSR count). The lowest BCUT2D eigenvalue weighted by atomic mass is 9.99.